The number of benzene rings is 1. The maximum Gasteiger partial charge on any atom is 0.252 e. The number of methoxy groups -OCH3 is 2. The maximum atomic E-state index is 12.6. The highest BCUT2D eigenvalue weighted by Crippen LogP contribution is 2.29. The molecule has 5 nitrogen and oxygen atoms in total. The number of nitrogens with one attached hydrogen (secondary N) is 1. The molecule has 6 heteroatoms. The third-order valence-corrected chi connectivity index (χ3v) is 3.74. The van der Waals surface area contributed by atoms with Crippen molar-refractivity contribution in [1.82, 2.24) is 5.32 Å². The number of rotatable bonds is 7. The third kappa shape index (κ3) is 5.59. The maximum absolute atomic E-state index is 12.6. The first-order valence-electron chi connectivity index (χ1n) is 7.51. The predicted molar refractivity (Wildman–Crippen MR) is 95.9 cm³/mol. The average molecular weight is 345 g/mol. The van der Waals surface area contributed by atoms with Gasteiger partial charge in [0.2, 0.25) is 0 Å². The van der Waals surface area contributed by atoms with Gasteiger partial charge in [0.1, 0.15) is 11.5 Å². The lowest BCUT2D eigenvalue weighted by atomic mass is 9.90. The molecule has 1 aromatic rings. The Kier molecular flexibility index (Phi) is 8.42. The molecule has 0 spiro atoms. The minimum Gasteiger partial charge on any atom is -0.496 e. The summed E-state index contributed by atoms with van der Waals surface area (Å²) in [6.07, 6.45) is 0.815. The molecule has 1 unspecified atom stereocenters. The van der Waals surface area contributed by atoms with Crippen LogP contribution in [0.5, 0.6) is 11.5 Å². The Morgan fingerprint density at radius 2 is 1.74 bits per heavy atom. The lowest BCUT2D eigenvalue weighted by Crippen LogP contribution is -2.52. The van der Waals surface area contributed by atoms with Crippen molar-refractivity contribution in [2.75, 3.05) is 20.8 Å². The molecule has 0 saturated heterocycles. The van der Waals surface area contributed by atoms with E-state index >= 15 is 0 Å². The molecule has 0 aromatic heterocycles. The summed E-state index contributed by atoms with van der Waals surface area (Å²) < 4.78 is 10.6. The zero-order valence-corrected chi connectivity index (χ0v) is 15.7. The first-order valence-corrected chi connectivity index (χ1v) is 7.51. The minimum atomic E-state index is -0.434. The molecular formula is C17H29ClN2O3. The zero-order chi connectivity index (χ0) is 16.9. The molecule has 1 rings (SSSR count). The summed E-state index contributed by atoms with van der Waals surface area (Å²) in [4.78, 5) is 12.6. The quantitative estimate of drug-likeness (QED) is 0.797. The van der Waals surface area contributed by atoms with Gasteiger partial charge in [-0.2, -0.15) is 0 Å². The number of carbonyl (C=O) groups is 1. The van der Waals surface area contributed by atoms with Crippen molar-refractivity contribution in [3.05, 3.63) is 23.3 Å². The number of hydrogen-bond acceptors (Lipinski definition) is 4. The molecule has 0 aliphatic carbocycles. The van der Waals surface area contributed by atoms with Gasteiger partial charge in [-0.15, -0.1) is 12.4 Å². The highest BCUT2D eigenvalue weighted by Gasteiger charge is 2.27. The number of hydrogen-bond donors (Lipinski definition) is 2. The van der Waals surface area contributed by atoms with Gasteiger partial charge in [-0.05, 0) is 38.3 Å². The first kappa shape index (κ1) is 21.5. The highest BCUT2D eigenvalue weighted by molar-refractivity contribution is 5.95. The van der Waals surface area contributed by atoms with E-state index in [1.807, 2.05) is 13.8 Å². The van der Waals surface area contributed by atoms with Crippen LogP contribution in [0.4, 0.5) is 0 Å². The average Bonchev–Trinajstić information content (AvgIpc) is 2.46. The predicted octanol–water partition coefficient (Wildman–Crippen LogP) is 2.93. The number of ether oxygens (including phenoxy) is 2. The van der Waals surface area contributed by atoms with Crippen LogP contribution in [0.1, 0.15) is 43.1 Å². The van der Waals surface area contributed by atoms with Crippen molar-refractivity contribution in [1.29, 1.82) is 0 Å². The summed E-state index contributed by atoms with van der Waals surface area (Å²) in [7, 11) is 3.15. The molecule has 0 saturated carbocycles. The minimum absolute atomic E-state index is 0. The summed E-state index contributed by atoms with van der Waals surface area (Å²) >= 11 is 0. The Labute approximate surface area is 145 Å². The second-order valence-electron chi connectivity index (χ2n) is 6.32. The van der Waals surface area contributed by atoms with Crippen LogP contribution in [0.3, 0.4) is 0 Å². The molecule has 0 heterocycles. The van der Waals surface area contributed by atoms with Crippen LogP contribution >= 0.6 is 12.4 Å². The van der Waals surface area contributed by atoms with Crippen molar-refractivity contribution >= 4 is 18.3 Å². The Bertz CT molecular complexity index is 510. The molecule has 0 fully saturated rings. The van der Waals surface area contributed by atoms with Crippen LogP contribution in [0, 0.1) is 12.8 Å². The summed E-state index contributed by atoms with van der Waals surface area (Å²) in [6, 6.07) is 3.44. The Balaban J connectivity index is 0.00000484. The van der Waals surface area contributed by atoms with Crippen molar-refractivity contribution < 1.29 is 14.3 Å². The van der Waals surface area contributed by atoms with Gasteiger partial charge in [-0.3, -0.25) is 4.79 Å². The molecular weight excluding hydrogens is 316 g/mol. The topological polar surface area (TPSA) is 73.6 Å². The van der Waals surface area contributed by atoms with Crippen LogP contribution in [0.25, 0.3) is 0 Å². The van der Waals surface area contributed by atoms with Crippen LogP contribution in [0.2, 0.25) is 0 Å². The number of halogens is 1. The van der Waals surface area contributed by atoms with Gasteiger partial charge in [0.15, 0.2) is 0 Å². The Hall–Kier alpha value is -1.46. The standard InChI is InChI=1S/C17H28N2O3.ClH/c1-11(2)9-17(4,10-18)19-16(20)13-7-14(21-5)12(3)15(8-13)22-6;/h7-8,11H,9-10,18H2,1-6H3,(H,19,20);1H. The Morgan fingerprint density at radius 3 is 2.09 bits per heavy atom. The Morgan fingerprint density at radius 1 is 1.26 bits per heavy atom. The van der Waals surface area contributed by atoms with Gasteiger partial charge in [0, 0.05) is 23.2 Å². The van der Waals surface area contributed by atoms with E-state index in [0.717, 1.165) is 12.0 Å². The fourth-order valence-corrected chi connectivity index (χ4v) is 2.65. The summed E-state index contributed by atoms with van der Waals surface area (Å²) in [5, 5.41) is 3.04. The normalized spacial score (nSPS) is 13.0. The van der Waals surface area contributed by atoms with E-state index in [1.165, 1.54) is 0 Å². The van der Waals surface area contributed by atoms with Crippen LogP contribution in [0.15, 0.2) is 12.1 Å². The van der Waals surface area contributed by atoms with E-state index in [0.29, 0.717) is 29.5 Å². The van der Waals surface area contributed by atoms with Crippen LogP contribution < -0.4 is 20.5 Å². The SMILES string of the molecule is COc1cc(C(=O)NC(C)(CN)CC(C)C)cc(OC)c1C.Cl. The molecule has 23 heavy (non-hydrogen) atoms. The van der Waals surface area contributed by atoms with Gasteiger partial charge in [0.25, 0.3) is 5.91 Å². The van der Waals surface area contributed by atoms with E-state index in [1.54, 1.807) is 26.4 Å². The molecule has 0 aliphatic heterocycles. The van der Waals surface area contributed by atoms with Crippen molar-refractivity contribution in [2.45, 2.75) is 39.7 Å². The van der Waals surface area contributed by atoms with Gasteiger partial charge in [-0.25, -0.2) is 0 Å². The van der Waals surface area contributed by atoms with Crippen molar-refractivity contribution in [3.63, 3.8) is 0 Å². The van der Waals surface area contributed by atoms with Gasteiger partial charge >= 0.3 is 0 Å². The molecule has 1 amide bonds. The summed E-state index contributed by atoms with van der Waals surface area (Å²) in [5.74, 6) is 1.52. The zero-order valence-electron chi connectivity index (χ0n) is 14.9. The summed E-state index contributed by atoms with van der Waals surface area (Å²) in [5.41, 5.74) is 6.79. The fourth-order valence-electron chi connectivity index (χ4n) is 2.65. The monoisotopic (exact) mass is 344 g/mol. The van der Waals surface area contributed by atoms with E-state index in [4.69, 9.17) is 15.2 Å². The van der Waals surface area contributed by atoms with Crippen molar-refractivity contribution in [3.8, 4) is 11.5 Å². The molecule has 0 bridgehead atoms. The van der Waals surface area contributed by atoms with Gasteiger partial charge in [-0.1, -0.05) is 13.8 Å². The summed E-state index contributed by atoms with van der Waals surface area (Å²) in [6.45, 7) is 8.46. The number of carbonyl (C=O) groups excluding carboxylic acids is 1. The van der Waals surface area contributed by atoms with E-state index in [-0.39, 0.29) is 18.3 Å². The largest absolute Gasteiger partial charge is 0.496 e. The molecule has 132 valence electrons. The van der Waals surface area contributed by atoms with E-state index in [9.17, 15) is 4.79 Å². The first-order chi connectivity index (χ1) is 10.3. The van der Waals surface area contributed by atoms with E-state index < -0.39 is 5.54 Å². The molecule has 0 aliphatic rings. The van der Waals surface area contributed by atoms with Crippen molar-refractivity contribution in [2.24, 2.45) is 11.7 Å². The molecule has 0 radical (unpaired) electrons. The van der Waals surface area contributed by atoms with Crippen LogP contribution in [-0.2, 0) is 0 Å². The third-order valence-electron chi connectivity index (χ3n) is 3.74. The van der Waals surface area contributed by atoms with Crippen LogP contribution in [-0.4, -0.2) is 32.2 Å². The van der Waals surface area contributed by atoms with Gasteiger partial charge < -0.3 is 20.5 Å². The number of amides is 1. The lowest BCUT2D eigenvalue weighted by Gasteiger charge is -2.31. The second-order valence-corrected chi connectivity index (χ2v) is 6.32. The molecule has 1 aromatic carbocycles. The molecule has 3 N–H and O–H groups in total. The molecule has 1 atom stereocenters. The van der Waals surface area contributed by atoms with Gasteiger partial charge in [0.05, 0.1) is 14.2 Å². The lowest BCUT2D eigenvalue weighted by molar-refractivity contribution is 0.0897. The smallest absolute Gasteiger partial charge is 0.252 e. The number of nitrogens with two attached hydrogens (primary N) is 1. The van der Waals surface area contributed by atoms with E-state index in [2.05, 4.69) is 19.2 Å². The second kappa shape index (κ2) is 8.99. The fraction of sp³-hybridized carbons (Fsp3) is 0.588. The highest BCUT2D eigenvalue weighted by atomic mass is 35.5.